The van der Waals surface area contributed by atoms with Crippen molar-refractivity contribution in [2.75, 3.05) is 0 Å². The van der Waals surface area contributed by atoms with E-state index < -0.39 is 0 Å². The first-order valence-electron chi connectivity index (χ1n) is 6.36. The van der Waals surface area contributed by atoms with Crippen LogP contribution < -0.4 is 0 Å². The number of aromatic nitrogens is 2. The van der Waals surface area contributed by atoms with Crippen molar-refractivity contribution in [2.45, 2.75) is 0 Å². The zero-order valence-corrected chi connectivity index (χ0v) is 14.2. The van der Waals surface area contributed by atoms with Crippen molar-refractivity contribution >= 4 is 45.4 Å². The lowest BCUT2D eigenvalue weighted by molar-refractivity contribution is 0.112. The molecule has 2 aromatic carbocycles. The molecule has 3 nitrogen and oxygen atoms in total. The van der Waals surface area contributed by atoms with Gasteiger partial charge in [0.05, 0.1) is 16.3 Å². The van der Waals surface area contributed by atoms with E-state index in [0.717, 1.165) is 11.8 Å². The number of carbonyl (C=O) groups is 1. The molecule has 3 rings (SSSR count). The van der Waals surface area contributed by atoms with E-state index in [1.54, 1.807) is 22.9 Å². The van der Waals surface area contributed by atoms with Gasteiger partial charge in [-0.15, -0.1) is 0 Å². The number of aldehydes is 1. The van der Waals surface area contributed by atoms with Crippen LogP contribution in [-0.2, 0) is 0 Å². The molecule has 3 aromatic rings. The molecule has 0 spiro atoms. The largest absolute Gasteiger partial charge is 0.298 e. The molecule has 0 aliphatic carbocycles. The highest BCUT2D eigenvalue weighted by atomic mass is 79.9. The molecule has 22 heavy (non-hydrogen) atoms. The van der Waals surface area contributed by atoms with Crippen LogP contribution in [0.5, 0.6) is 0 Å². The quantitative estimate of drug-likeness (QED) is 0.555. The SMILES string of the molecule is O=Cc1c(-c2ccccc2)nn(-c2cc(Cl)ccc2Cl)c1Br. The Hall–Kier alpha value is -1.62. The first kappa shape index (κ1) is 15.3. The van der Waals surface area contributed by atoms with E-state index in [4.69, 9.17) is 23.2 Å². The number of hydrogen-bond acceptors (Lipinski definition) is 2. The van der Waals surface area contributed by atoms with Crippen LogP contribution in [0.2, 0.25) is 10.0 Å². The van der Waals surface area contributed by atoms with Crippen molar-refractivity contribution in [3.63, 3.8) is 0 Å². The number of benzene rings is 2. The molecule has 0 aliphatic heterocycles. The van der Waals surface area contributed by atoms with Crippen molar-refractivity contribution in [2.24, 2.45) is 0 Å². The summed E-state index contributed by atoms with van der Waals surface area (Å²) in [6.07, 6.45) is 0.772. The zero-order valence-electron chi connectivity index (χ0n) is 11.1. The second kappa shape index (κ2) is 6.24. The van der Waals surface area contributed by atoms with Crippen molar-refractivity contribution in [3.8, 4) is 16.9 Å². The Labute approximate surface area is 145 Å². The first-order valence-corrected chi connectivity index (χ1v) is 7.91. The molecular formula is C16H9BrCl2N2O. The molecule has 0 bridgehead atoms. The van der Waals surface area contributed by atoms with Crippen LogP contribution >= 0.6 is 39.1 Å². The molecule has 110 valence electrons. The van der Waals surface area contributed by atoms with Gasteiger partial charge < -0.3 is 0 Å². The van der Waals surface area contributed by atoms with Gasteiger partial charge in [0.2, 0.25) is 0 Å². The molecule has 0 aliphatic rings. The lowest BCUT2D eigenvalue weighted by Gasteiger charge is -2.06. The van der Waals surface area contributed by atoms with E-state index in [9.17, 15) is 4.79 Å². The summed E-state index contributed by atoms with van der Waals surface area (Å²) in [5, 5.41) is 5.55. The van der Waals surface area contributed by atoms with Gasteiger partial charge in [-0.1, -0.05) is 53.5 Å². The van der Waals surface area contributed by atoms with Crippen molar-refractivity contribution in [1.29, 1.82) is 0 Å². The van der Waals surface area contributed by atoms with Gasteiger partial charge in [-0.25, -0.2) is 4.68 Å². The molecule has 1 aromatic heterocycles. The molecule has 0 atom stereocenters. The summed E-state index contributed by atoms with van der Waals surface area (Å²) in [4.78, 5) is 11.5. The standard InChI is InChI=1S/C16H9BrCl2N2O/c17-16-12(9-22)15(10-4-2-1-3-5-10)20-21(16)14-8-11(18)6-7-13(14)19/h1-9H. The topological polar surface area (TPSA) is 34.9 Å². The van der Waals surface area contributed by atoms with Crippen LogP contribution in [0.1, 0.15) is 10.4 Å². The van der Waals surface area contributed by atoms with Crippen LogP contribution in [0, 0.1) is 0 Å². The van der Waals surface area contributed by atoms with E-state index in [1.165, 1.54) is 0 Å². The Morgan fingerprint density at radius 3 is 2.50 bits per heavy atom. The van der Waals surface area contributed by atoms with Gasteiger partial charge >= 0.3 is 0 Å². The lowest BCUT2D eigenvalue weighted by atomic mass is 10.1. The molecule has 0 N–H and O–H groups in total. The Bertz CT molecular complexity index is 847. The minimum Gasteiger partial charge on any atom is -0.298 e. The van der Waals surface area contributed by atoms with Crippen LogP contribution in [0.25, 0.3) is 16.9 Å². The Morgan fingerprint density at radius 1 is 1.09 bits per heavy atom. The highest BCUT2D eigenvalue weighted by Crippen LogP contribution is 2.33. The minimum absolute atomic E-state index is 0.460. The number of carbonyl (C=O) groups excluding carboxylic acids is 1. The maximum absolute atomic E-state index is 11.5. The fourth-order valence-electron chi connectivity index (χ4n) is 2.13. The van der Waals surface area contributed by atoms with E-state index >= 15 is 0 Å². The highest BCUT2D eigenvalue weighted by Gasteiger charge is 2.19. The molecule has 0 radical (unpaired) electrons. The third kappa shape index (κ3) is 2.70. The summed E-state index contributed by atoms with van der Waals surface area (Å²) in [6, 6.07) is 14.6. The zero-order chi connectivity index (χ0) is 15.7. The predicted octanol–water partition coefficient (Wildman–Crippen LogP) is 5.42. The summed E-state index contributed by atoms with van der Waals surface area (Å²) in [5.41, 5.74) is 2.49. The fourth-order valence-corrected chi connectivity index (χ4v) is 3.05. The average molecular weight is 396 g/mol. The number of halogens is 3. The molecule has 0 saturated heterocycles. The maximum Gasteiger partial charge on any atom is 0.155 e. The highest BCUT2D eigenvalue weighted by molar-refractivity contribution is 9.10. The van der Waals surface area contributed by atoms with Gasteiger partial charge in [0.15, 0.2) is 6.29 Å². The average Bonchev–Trinajstić information content (AvgIpc) is 2.87. The van der Waals surface area contributed by atoms with Gasteiger partial charge in [0.25, 0.3) is 0 Å². The lowest BCUT2D eigenvalue weighted by Crippen LogP contribution is -1.98. The Balaban J connectivity index is 2.25. The van der Waals surface area contributed by atoms with Gasteiger partial charge in [0, 0.05) is 10.6 Å². The van der Waals surface area contributed by atoms with Crippen molar-refractivity contribution in [3.05, 3.63) is 68.7 Å². The molecule has 0 unspecified atom stereocenters. The van der Waals surface area contributed by atoms with E-state index in [1.807, 2.05) is 30.3 Å². The van der Waals surface area contributed by atoms with Crippen LogP contribution in [-0.4, -0.2) is 16.1 Å². The van der Waals surface area contributed by atoms with Gasteiger partial charge in [0.1, 0.15) is 10.3 Å². The van der Waals surface area contributed by atoms with E-state index in [-0.39, 0.29) is 0 Å². The predicted molar refractivity (Wildman–Crippen MR) is 92.1 cm³/mol. The van der Waals surface area contributed by atoms with Crippen LogP contribution in [0.15, 0.2) is 53.1 Å². The number of nitrogens with zero attached hydrogens (tertiary/aromatic N) is 2. The van der Waals surface area contributed by atoms with Gasteiger partial charge in [-0.3, -0.25) is 4.79 Å². The molecule has 0 fully saturated rings. The monoisotopic (exact) mass is 394 g/mol. The van der Waals surface area contributed by atoms with Gasteiger partial charge in [-0.2, -0.15) is 5.10 Å². The Morgan fingerprint density at radius 2 is 1.82 bits per heavy atom. The molecule has 1 heterocycles. The summed E-state index contributed by atoms with van der Waals surface area (Å²) >= 11 is 15.7. The fraction of sp³-hybridized carbons (Fsp3) is 0. The second-order valence-corrected chi connectivity index (χ2v) is 6.14. The maximum atomic E-state index is 11.5. The third-order valence-electron chi connectivity index (χ3n) is 3.16. The van der Waals surface area contributed by atoms with E-state index in [0.29, 0.717) is 31.6 Å². The van der Waals surface area contributed by atoms with E-state index in [2.05, 4.69) is 21.0 Å². The first-order chi connectivity index (χ1) is 10.6. The van der Waals surface area contributed by atoms with Crippen LogP contribution in [0.4, 0.5) is 0 Å². The Kier molecular flexibility index (Phi) is 4.34. The number of hydrogen-bond donors (Lipinski definition) is 0. The van der Waals surface area contributed by atoms with Crippen molar-refractivity contribution in [1.82, 2.24) is 9.78 Å². The normalized spacial score (nSPS) is 10.7. The number of rotatable bonds is 3. The molecule has 0 saturated carbocycles. The molecule has 6 heteroatoms. The molecular weight excluding hydrogens is 387 g/mol. The van der Waals surface area contributed by atoms with Gasteiger partial charge in [-0.05, 0) is 34.1 Å². The summed E-state index contributed by atoms with van der Waals surface area (Å²) in [7, 11) is 0. The molecule has 0 amide bonds. The summed E-state index contributed by atoms with van der Waals surface area (Å²) in [6.45, 7) is 0. The van der Waals surface area contributed by atoms with Crippen LogP contribution in [0.3, 0.4) is 0 Å². The summed E-state index contributed by atoms with van der Waals surface area (Å²) in [5.74, 6) is 0. The van der Waals surface area contributed by atoms with Crippen molar-refractivity contribution < 1.29 is 4.79 Å². The minimum atomic E-state index is 0.460. The summed E-state index contributed by atoms with van der Waals surface area (Å²) < 4.78 is 2.10. The smallest absolute Gasteiger partial charge is 0.155 e. The second-order valence-electron chi connectivity index (χ2n) is 4.54. The third-order valence-corrected chi connectivity index (χ3v) is 4.48.